The molecule has 3 nitrogen and oxygen atoms in total. The van der Waals surface area contributed by atoms with Gasteiger partial charge in [0.05, 0.1) is 5.02 Å². The lowest BCUT2D eigenvalue weighted by molar-refractivity contribution is -0.145. The SMILES string of the molecule is FC(F)(F)c1nc(Cl)cc(Oc2ccc(Cl)cc2Cl)n1. The van der Waals surface area contributed by atoms with Gasteiger partial charge in [0.1, 0.15) is 10.9 Å². The number of halogens is 6. The minimum absolute atomic E-state index is 0.0963. The number of hydrogen-bond donors (Lipinski definition) is 0. The zero-order chi connectivity index (χ0) is 14.9. The molecule has 2 rings (SSSR count). The predicted molar refractivity (Wildman–Crippen MR) is 68.6 cm³/mol. The Balaban J connectivity index is 2.36. The second-order valence-electron chi connectivity index (χ2n) is 3.53. The molecule has 1 aromatic heterocycles. The van der Waals surface area contributed by atoms with Crippen molar-refractivity contribution in [2.45, 2.75) is 6.18 Å². The molecule has 0 aliphatic carbocycles. The van der Waals surface area contributed by atoms with Crippen LogP contribution in [-0.2, 0) is 6.18 Å². The third-order valence-electron chi connectivity index (χ3n) is 2.03. The number of ether oxygens (including phenoxy) is 1. The molecule has 0 N–H and O–H groups in total. The molecule has 9 heteroatoms. The number of aromatic nitrogens is 2. The molecule has 2 aromatic rings. The molecule has 0 unspecified atom stereocenters. The van der Waals surface area contributed by atoms with E-state index in [4.69, 9.17) is 39.5 Å². The summed E-state index contributed by atoms with van der Waals surface area (Å²) in [6.07, 6.45) is -4.73. The van der Waals surface area contributed by atoms with Crippen LogP contribution in [0.2, 0.25) is 15.2 Å². The van der Waals surface area contributed by atoms with Crippen LogP contribution in [0.1, 0.15) is 5.82 Å². The van der Waals surface area contributed by atoms with Crippen LogP contribution in [0.4, 0.5) is 13.2 Å². The van der Waals surface area contributed by atoms with E-state index in [1.165, 1.54) is 18.2 Å². The molecule has 1 heterocycles. The van der Waals surface area contributed by atoms with Gasteiger partial charge in [0, 0.05) is 11.1 Å². The lowest BCUT2D eigenvalue weighted by Crippen LogP contribution is -2.11. The van der Waals surface area contributed by atoms with Crippen LogP contribution >= 0.6 is 34.8 Å². The van der Waals surface area contributed by atoms with Crippen LogP contribution < -0.4 is 4.74 Å². The molecule has 0 aliphatic rings. The maximum atomic E-state index is 12.5. The zero-order valence-corrected chi connectivity index (χ0v) is 11.6. The Labute approximate surface area is 126 Å². The van der Waals surface area contributed by atoms with Gasteiger partial charge in [-0.1, -0.05) is 34.8 Å². The van der Waals surface area contributed by atoms with Gasteiger partial charge < -0.3 is 4.74 Å². The number of hydrogen-bond acceptors (Lipinski definition) is 3. The summed E-state index contributed by atoms with van der Waals surface area (Å²) in [5, 5.41) is 0.0901. The smallest absolute Gasteiger partial charge is 0.437 e. The maximum Gasteiger partial charge on any atom is 0.451 e. The molecule has 106 valence electrons. The first kappa shape index (κ1) is 15.2. The highest BCUT2D eigenvalue weighted by Crippen LogP contribution is 2.33. The Morgan fingerprint density at radius 1 is 1.00 bits per heavy atom. The summed E-state index contributed by atoms with van der Waals surface area (Å²) < 4.78 is 42.8. The van der Waals surface area contributed by atoms with Gasteiger partial charge in [0.15, 0.2) is 0 Å². The molecule has 0 amide bonds. The summed E-state index contributed by atoms with van der Waals surface area (Å²) in [5.74, 6) is -1.68. The van der Waals surface area contributed by atoms with E-state index in [1.807, 2.05) is 0 Å². The van der Waals surface area contributed by atoms with Crippen molar-refractivity contribution in [2.75, 3.05) is 0 Å². The summed E-state index contributed by atoms with van der Waals surface area (Å²) in [5.41, 5.74) is 0. The van der Waals surface area contributed by atoms with E-state index in [0.29, 0.717) is 5.02 Å². The summed E-state index contributed by atoms with van der Waals surface area (Å²) in [7, 11) is 0. The fourth-order valence-electron chi connectivity index (χ4n) is 1.25. The van der Waals surface area contributed by atoms with Crippen molar-refractivity contribution < 1.29 is 17.9 Å². The minimum atomic E-state index is -4.73. The molecule has 0 aliphatic heterocycles. The van der Waals surface area contributed by atoms with E-state index in [2.05, 4.69) is 9.97 Å². The highest BCUT2D eigenvalue weighted by atomic mass is 35.5. The van der Waals surface area contributed by atoms with Crippen molar-refractivity contribution in [3.63, 3.8) is 0 Å². The lowest BCUT2D eigenvalue weighted by Gasteiger charge is -2.10. The van der Waals surface area contributed by atoms with Crippen LogP contribution in [-0.4, -0.2) is 9.97 Å². The average Bonchev–Trinajstić information content (AvgIpc) is 2.31. The number of rotatable bonds is 2. The standard InChI is InChI=1S/C11H4Cl3F3N2O/c12-5-1-2-7(6(13)3-5)20-9-4-8(14)18-10(19-9)11(15,16)17/h1-4H. The summed E-state index contributed by atoms with van der Waals surface area (Å²) in [4.78, 5) is 6.31. The highest BCUT2D eigenvalue weighted by Gasteiger charge is 2.35. The Bertz CT molecular complexity index is 649. The molecule has 0 fully saturated rings. The number of alkyl halides is 3. The molecular weight excluding hydrogens is 339 g/mol. The second kappa shape index (κ2) is 5.63. The number of benzene rings is 1. The molecule has 0 spiro atoms. The topological polar surface area (TPSA) is 35.0 Å². The Hall–Kier alpha value is -1.24. The molecule has 0 bridgehead atoms. The first-order valence-corrected chi connectivity index (χ1v) is 6.14. The molecule has 0 atom stereocenters. The average molecular weight is 344 g/mol. The maximum absolute atomic E-state index is 12.5. The van der Waals surface area contributed by atoms with Crippen LogP contribution in [0, 0.1) is 0 Å². The van der Waals surface area contributed by atoms with E-state index in [-0.39, 0.29) is 16.7 Å². The van der Waals surface area contributed by atoms with E-state index < -0.39 is 17.2 Å². The monoisotopic (exact) mass is 342 g/mol. The lowest BCUT2D eigenvalue weighted by atomic mass is 10.3. The summed E-state index contributed by atoms with van der Waals surface area (Å²) in [6, 6.07) is 5.29. The van der Waals surface area contributed by atoms with Crippen molar-refractivity contribution in [2.24, 2.45) is 0 Å². The van der Waals surface area contributed by atoms with E-state index in [9.17, 15) is 13.2 Å². The van der Waals surface area contributed by atoms with Crippen LogP contribution in [0.5, 0.6) is 11.6 Å². The van der Waals surface area contributed by atoms with Gasteiger partial charge in [-0.2, -0.15) is 18.2 Å². The van der Waals surface area contributed by atoms with Crippen LogP contribution in [0.25, 0.3) is 0 Å². The summed E-state index contributed by atoms with van der Waals surface area (Å²) in [6.45, 7) is 0. The van der Waals surface area contributed by atoms with E-state index in [1.54, 1.807) is 0 Å². The van der Waals surface area contributed by atoms with Gasteiger partial charge in [-0.25, -0.2) is 4.98 Å². The predicted octanol–water partition coefficient (Wildman–Crippen LogP) is 5.25. The molecule has 0 saturated heterocycles. The minimum Gasteiger partial charge on any atom is -0.437 e. The van der Waals surface area contributed by atoms with Gasteiger partial charge in [0.2, 0.25) is 11.7 Å². The quantitative estimate of drug-likeness (QED) is 0.699. The second-order valence-corrected chi connectivity index (χ2v) is 4.76. The van der Waals surface area contributed by atoms with Crippen molar-refractivity contribution in [1.82, 2.24) is 9.97 Å². The van der Waals surface area contributed by atoms with Crippen molar-refractivity contribution in [3.05, 3.63) is 45.3 Å². The van der Waals surface area contributed by atoms with E-state index >= 15 is 0 Å². The Kier molecular flexibility index (Phi) is 4.27. The van der Waals surface area contributed by atoms with Crippen molar-refractivity contribution in [3.8, 4) is 11.6 Å². The third-order valence-corrected chi connectivity index (χ3v) is 2.76. The fraction of sp³-hybridized carbons (Fsp3) is 0.0909. The largest absolute Gasteiger partial charge is 0.451 e. The van der Waals surface area contributed by atoms with Gasteiger partial charge in [0.25, 0.3) is 0 Å². The molecule has 0 saturated carbocycles. The molecular formula is C11H4Cl3F3N2O. The third kappa shape index (κ3) is 3.65. The normalized spacial score (nSPS) is 11.5. The Morgan fingerprint density at radius 3 is 2.30 bits per heavy atom. The molecule has 20 heavy (non-hydrogen) atoms. The first-order chi connectivity index (χ1) is 9.25. The van der Waals surface area contributed by atoms with Gasteiger partial charge in [-0.3, -0.25) is 0 Å². The highest BCUT2D eigenvalue weighted by molar-refractivity contribution is 6.35. The molecule has 0 radical (unpaired) electrons. The van der Waals surface area contributed by atoms with E-state index in [0.717, 1.165) is 6.07 Å². The van der Waals surface area contributed by atoms with Crippen LogP contribution in [0.3, 0.4) is 0 Å². The van der Waals surface area contributed by atoms with Crippen molar-refractivity contribution in [1.29, 1.82) is 0 Å². The Morgan fingerprint density at radius 2 is 1.70 bits per heavy atom. The fourth-order valence-corrected chi connectivity index (χ4v) is 1.87. The van der Waals surface area contributed by atoms with Gasteiger partial charge >= 0.3 is 6.18 Å². The zero-order valence-electron chi connectivity index (χ0n) is 9.38. The number of nitrogens with zero attached hydrogens (tertiary/aromatic N) is 2. The van der Waals surface area contributed by atoms with Crippen molar-refractivity contribution >= 4 is 34.8 Å². The van der Waals surface area contributed by atoms with Gasteiger partial charge in [-0.05, 0) is 18.2 Å². The van der Waals surface area contributed by atoms with Crippen LogP contribution in [0.15, 0.2) is 24.3 Å². The first-order valence-electron chi connectivity index (χ1n) is 5.00. The summed E-state index contributed by atoms with van der Waals surface area (Å²) >= 11 is 17.0. The van der Waals surface area contributed by atoms with Gasteiger partial charge in [-0.15, -0.1) is 0 Å². The molecule has 1 aromatic carbocycles.